The van der Waals surface area contributed by atoms with Crippen molar-refractivity contribution in [1.82, 2.24) is 9.80 Å². The van der Waals surface area contributed by atoms with Gasteiger partial charge in [0.2, 0.25) is 0 Å². The molecule has 0 aromatic heterocycles. The second kappa shape index (κ2) is 11.7. The summed E-state index contributed by atoms with van der Waals surface area (Å²) < 4.78 is 11.2. The first-order valence-corrected chi connectivity index (χ1v) is 12.4. The van der Waals surface area contributed by atoms with E-state index in [0.29, 0.717) is 34.0 Å². The summed E-state index contributed by atoms with van der Waals surface area (Å²) in [5.41, 5.74) is 1.61. The molecule has 2 aromatic carbocycles. The molecule has 174 valence electrons. The summed E-state index contributed by atoms with van der Waals surface area (Å²) in [7, 11) is 0. The van der Waals surface area contributed by atoms with Gasteiger partial charge in [0, 0.05) is 36.8 Å². The normalized spacial score (nSPS) is 19.6. The summed E-state index contributed by atoms with van der Waals surface area (Å²) in [4.78, 5) is 22.9. The second-order valence-corrected chi connectivity index (χ2v) is 9.17. The maximum absolute atomic E-state index is 13.4. The van der Waals surface area contributed by atoms with Crippen LogP contribution in [0.5, 0.6) is 5.75 Å². The molecule has 2 aliphatic heterocycles. The van der Waals surface area contributed by atoms with Crippen molar-refractivity contribution in [3.8, 4) is 5.75 Å². The Labute approximate surface area is 204 Å². The number of ether oxygens (including phenoxy) is 2. The minimum Gasteiger partial charge on any atom is -0.493 e. The van der Waals surface area contributed by atoms with Crippen molar-refractivity contribution < 1.29 is 14.3 Å². The number of thioether (sulfide) groups is 1. The summed E-state index contributed by atoms with van der Waals surface area (Å²) in [5.74, 6) is 0.661. The van der Waals surface area contributed by atoms with E-state index in [2.05, 4.69) is 4.90 Å². The van der Waals surface area contributed by atoms with Crippen LogP contribution in [-0.4, -0.2) is 66.9 Å². The van der Waals surface area contributed by atoms with E-state index in [1.807, 2.05) is 55.5 Å². The number of amidine groups is 1. The topological polar surface area (TPSA) is 54.4 Å². The van der Waals surface area contributed by atoms with Gasteiger partial charge in [0.25, 0.3) is 5.91 Å². The van der Waals surface area contributed by atoms with Crippen LogP contribution in [0, 0.1) is 0 Å². The van der Waals surface area contributed by atoms with E-state index in [1.54, 1.807) is 11.0 Å². The SMILES string of the molecule is CCOc1ccc(Cl)cc1/C=C1\SC(=Nc2ccccc2)N(CCCN2CCOCC2)C1=O. The molecule has 0 unspecified atom stereocenters. The van der Waals surface area contributed by atoms with Crippen LogP contribution < -0.4 is 4.74 Å². The molecule has 4 rings (SSSR count). The zero-order valence-corrected chi connectivity index (χ0v) is 20.3. The Morgan fingerprint density at radius 1 is 1.15 bits per heavy atom. The van der Waals surface area contributed by atoms with E-state index in [1.165, 1.54) is 11.8 Å². The van der Waals surface area contributed by atoms with Gasteiger partial charge < -0.3 is 9.47 Å². The highest BCUT2D eigenvalue weighted by Gasteiger charge is 2.33. The molecule has 0 atom stereocenters. The first-order valence-electron chi connectivity index (χ1n) is 11.2. The first kappa shape index (κ1) is 23.8. The third-order valence-corrected chi connectivity index (χ3v) is 6.63. The molecule has 0 saturated carbocycles. The first-order chi connectivity index (χ1) is 16.1. The average Bonchev–Trinajstić information content (AvgIpc) is 3.11. The van der Waals surface area contributed by atoms with Gasteiger partial charge in [-0.1, -0.05) is 29.8 Å². The lowest BCUT2D eigenvalue weighted by Gasteiger charge is -2.27. The van der Waals surface area contributed by atoms with Crippen LogP contribution in [0.25, 0.3) is 6.08 Å². The minimum atomic E-state index is -0.0425. The monoisotopic (exact) mass is 485 g/mol. The van der Waals surface area contributed by atoms with Gasteiger partial charge in [-0.25, -0.2) is 4.99 Å². The largest absolute Gasteiger partial charge is 0.493 e. The van der Waals surface area contributed by atoms with Crippen molar-refractivity contribution in [2.45, 2.75) is 13.3 Å². The number of nitrogens with zero attached hydrogens (tertiary/aromatic N) is 3. The number of carbonyl (C=O) groups is 1. The molecule has 0 aliphatic carbocycles. The van der Waals surface area contributed by atoms with Gasteiger partial charge in [0.15, 0.2) is 5.17 Å². The van der Waals surface area contributed by atoms with Gasteiger partial charge in [0.05, 0.1) is 30.4 Å². The molecule has 0 spiro atoms. The van der Waals surface area contributed by atoms with E-state index in [0.717, 1.165) is 50.5 Å². The minimum absolute atomic E-state index is 0.0425. The highest BCUT2D eigenvalue weighted by molar-refractivity contribution is 8.18. The van der Waals surface area contributed by atoms with Crippen molar-refractivity contribution >= 4 is 46.2 Å². The molecule has 2 fully saturated rings. The summed E-state index contributed by atoms with van der Waals surface area (Å²) in [6.45, 7) is 7.43. The van der Waals surface area contributed by atoms with Gasteiger partial charge in [-0.2, -0.15) is 0 Å². The number of halogens is 1. The Morgan fingerprint density at radius 3 is 2.70 bits per heavy atom. The number of hydrogen-bond donors (Lipinski definition) is 0. The highest BCUT2D eigenvalue weighted by Crippen LogP contribution is 2.36. The highest BCUT2D eigenvalue weighted by atomic mass is 35.5. The van der Waals surface area contributed by atoms with Crippen molar-refractivity contribution in [1.29, 1.82) is 0 Å². The maximum atomic E-state index is 13.4. The quantitative estimate of drug-likeness (QED) is 0.489. The summed E-state index contributed by atoms with van der Waals surface area (Å²) in [6.07, 6.45) is 2.72. The molecule has 2 aliphatic rings. The number of para-hydroxylation sites is 1. The van der Waals surface area contributed by atoms with Crippen LogP contribution >= 0.6 is 23.4 Å². The molecule has 33 heavy (non-hydrogen) atoms. The molecular formula is C25H28ClN3O3S. The molecular weight excluding hydrogens is 458 g/mol. The fourth-order valence-electron chi connectivity index (χ4n) is 3.74. The molecule has 2 saturated heterocycles. The lowest BCUT2D eigenvalue weighted by molar-refractivity contribution is -0.122. The predicted molar refractivity (Wildman–Crippen MR) is 135 cm³/mol. The lowest BCUT2D eigenvalue weighted by Crippen LogP contribution is -2.38. The Hall–Kier alpha value is -2.32. The van der Waals surface area contributed by atoms with Crippen LogP contribution in [-0.2, 0) is 9.53 Å². The Bertz CT molecular complexity index is 1020. The fourth-order valence-corrected chi connectivity index (χ4v) is 4.94. The van der Waals surface area contributed by atoms with Crippen LogP contribution in [0.3, 0.4) is 0 Å². The van der Waals surface area contributed by atoms with Crippen LogP contribution in [0.1, 0.15) is 18.9 Å². The third-order valence-electron chi connectivity index (χ3n) is 5.39. The molecule has 0 N–H and O–H groups in total. The maximum Gasteiger partial charge on any atom is 0.266 e. The number of carbonyl (C=O) groups excluding carboxylic acids is 1. The summed E-state index contributed by atoms with van der Waals surface area (Å²) >= 11 is 7.61. The van der Waals surface area contributed by atoms with Crippen molar-refractivity contribution in [2.75, 3.05) is 46.0 Å². The lowest BCUT2D eigenvalue weighted by atomic mass is 10.2. The predicted octanol–water partition coefficient (Wildman–Crippen LogP) is 5.07. The number of benzene rings is 2. The number of aliphatic imine (C=N–C) groups is 1. The third kappa shape index (κ3) is 6.38. The van der Waals surface area contributed by atoms with Gasteiger partial charge >= 0.3 is 0 Å². The number of morpholine rings is 1. The molecule has 2 heterocycles. The number of hydrogen-bond acceptors (Lipinski definition) is 6. The van der Waals surface area contributed by atoms with E-state index in [4.69, 9.17) is 26.1 Å². The number of rotatable bonds is 8. The van der Waals surface area contributed by atoms with Crippen molar-refractivity contribution in [2.24, 2.45) is 4.99 Å². The fraction of sp³-hybridized carbons (Fsp3) is 0.360. The van der Waals surface area contributed by atoms with E-state index >= 15 is 0 Å². The van der Waals surface area contributed by atoms with Crippen molar-refractivity contribution in [3.05, 3.63) is 64.0 Å². The molecule has 6 nitrogen and oxygen atoms in total. The molecule has 1 amide bonds. The van der Waals surface area contributed by atoms with Crippen LogP contribution in [0.15, 0.2) is 58.4 Å². The smallest absolute Gasteiger partial charge is 0.266 e. The van der Waals surface area contributed by atoms with Crippen molar-refractivity contribution in [3.63, 3.8) is 0 Å². The Balaban J connectivity index is 1.57. The number of amides is 1. The standard InChI is InChI=1S/C25H28ClN3O3S/c1-2-32-22-10-9-20(26)17-19(22)18-23-24(30)29(12-6-11-28-13-15-31-16-14-28)25(33-23)27-21-7-4-3-5-8-21/h3-5,7-10,17-18H,2,6,11-16H2,1H3/b23-18-,27-25?. The molecule has 0 bridgehead atoms. The summed E-state index contributed by atoms with van der Waals surface area (Å²) in [6, 6.07) is 15.2. The summed E-state index contributed by atoms with van der Waals surface area (Å²) in [5, 5.41) is 1.29. The Kier molecular flexibility index (Phi) is 8.45. The zero-order valence-electron chi connectivity index (χ0n) is 18.7. The zero-order chi connectivity index (χ0) is 23.0. The van der Waals surface area contributed by atoms with Crippen LogP contribution in [0.2, 0.25) is 5.02 Å². The second-order valence-electron chi connectivity index (χ2n) is 7.72. The van der Waals surface area contributed by atoms with Crippen LogP contribution in [0.4, 0.5) is 5.69 Å². The van der Waals surface area contributed by atoms with Gasteiger partial charge in [-0.3, -0.25) is 14.6 Å². The molecule has 2 aromatic rings. The molecule has 0 radical (unpaired) electrons. The van der Waals surface area contributed by atoms with E-state index in [9.17, 15) is 4.79 Å². The van der Waals surface area contributed by atoms with E-state index in [-0.39, 0.29) is 5.91 Å². The Morgan fingerprint density at radius 2 is 1.94 bits per heavy atom. The van der Waals surface area contributed by atoms with Gasteiger partial charge in [-0.05, 0) is 61.5 Å². The van der Waals surface area contributed by atoms with Gasteiger partial charge in [-0.15, -0.1) is 0 Å². The van der Waals surface area contributed by atoms with Gasteiger partial charge in [0.1, 0.15) is 5.75 Å². The average molecular weight is 486 g/mol. The molecule has 8 heteroatoms. The van der Waals surface area contributed by atoms with E-state index < -0.39 is 0 Å².